The third kappa shape index (κ3) is 3.02. The maximum atomic E-state index is 5.85. The Morgan fingerprint density at radius 2 is 1.57 bits per heavy atom. The van der Waals surface area contributed by atoms with Crippen LogP contribution in [0.4, 0.5) is 0 Å². The fourth-order valence-corrected chi connectivity index (χ4v) is 0.750. The van der Waals surface area contributed by atoms with Crippen molar-refractivity contribution in [1.29, 1.82) is 0 Å². The average Bonchev–Trinajstić information content (AvgIpc) is 1.68. The van der Waals surface area contributed by atoms with Crippen LogP contribution >= 0.6 is 7.41 Å². The van der Waals surface area contributed by atoms with Crippen LogP contribution in [0.2, 0.25) is 0 Å². The Morgan fingerprint density at radius 1 is 1.29 bits per heavy atom. The van der Waals surface area contributed by atoms with Crippen LogP contribution in [-0.2, 0) is 0 Å². The van der Waals surface area contributed by atoms with E-state index >= 15 is 0 Å². The third-order valence-corrected chi connectivity index (χ3v) is 4.85. The molecule has 0 spiro atoms. The van der Waals surface area contributed by atoms with Crippen molar-refractivity contribution >= 4 is 7.41 Å². The molecule has 0 aromatic heterocycles. The van der Waals surface area contributed by atoms with Gasteiger partial charge in [0.25, 0.3) is 0 Å². The van der Waals surface area contributed by atoms with Gasteiger partial charge < -0.3 is 0 Å². The number of hydrogen-bond acceptors (Lipinski definition) is 1. The zero-order valence-corrected chi connectivity index (χ0v) is 6.49. The molecular formula is C5H16NP. The summed E-state index contributed by atoms with van der Waals surface area (Å²) in [6.45, 7) is 6.57. The van der Waals surface area contributed by atoms with Gasteiger partial charge in [-0.15, -0.1) is 0 Å². The quantitative estimate of drug-likeness (QED) is 0.547. The van der Waals surface area contributed by atoms with E-state index in [-0.39, 0.29) is 0 Å². The first-order chi connectivity index (χ1) is 3.12. The minimum atomic E-state index is -1.15. The van der Waals surface area contributed by atoms with E-state index in [1.165, 1.54) is 12.3 Å². The molecule has 0 rings (SSSR count). The van der Waals surface area contributed by atoms with Crippen molar-refractivity contribution < 1.29 is 0 Å². The molecule has 0 saturated carbocycles. The normalized spacial score (nSPS) is 14.3. The zero-order chi connectivity index (χ0) is 5.91. The summed E-state index contributed by atoms with van der Waals surface area (Å²) in [7, 11) is -1.15. The van der Waals surface area contributed by atoms with Gasteiger partial charge in [0.15, 0.2) is 0 Å². The molecule has 1 nitrogen and oxygen atoms in total. The first kappa shape index (κ1) is 7.39. The molecule has 0 heterocycles. The summed E-state index contributed by atoms with van der Waals surface area (Å²) in [4.78, 5) is 0. The average molecular weight is 121 g/mol. The fourth-order valence-electron chi connectivity index (χ4n) is 0.250. The third-order valence-electron chi connectivity index (χ3n) is 1.62. The summed E-state index contributed by atoms with van der Waals surface area (Å²) >= 11 is 0. The van der Waals surface area contributed by atoms with Gasteiger partial charge in [0, 0.05) is 0 Å². The summed E-state index contributed by atoms with van der Waals surface area (Å²) in [5, 5.41) is 0. The topological polar surface area (TPSA) is 26.0 Å². The Hall–Kier alpha value is 0.390. The molecule has 46 valence electrons. The molecule has 0 saturated heterocycles. The molecule has 0 amide bonds. The molecule has 0 bridgehead atoms. The SMILES string of the molecule is CC[PH](C)(N)CC. The van der Waals surface area contributed by atoms with Crippen molar-refractivity contribution in [3.8, 4) is 0 Å². The molecule has 0 aliphatic carbocycles. The van der Waals surface area contributed by atoms with Gasteiger partial charge in [0.2, 0.25) is 0 Å². The van der Waals surface area contributed by atoms with E-state index in [0.717, 1.165) is 0 Å². The van der Waals surface area contributed by atoms with E-state index < -0.39 is 7.41 Å². The number of hydrogen-bond donors (Lipinski definition) is 1. The van der Waals surface area contributed by atoms with Crippen LogP contribution in [0.5, 0.6) is 0 Å². The second-order valence-electron chi connectivity index (χ2n) is 2.36. The van der Waals surface area contributed by atoms with Crippen LogP contribution in [0, 0.1) is 0 Å². The predicted octanol–water partition coefficient (Wildman–Crippen LogP) is 1.28. The maximum absolute atomic E-state index is 5.85. The van der Waals surface area contributed by atoms with Gasteiger partial charge in [-0.3, -0.25) is 0 Å². The first-order valence-corrected chi connectivity index (χ1v) is 5.90. The standard InChI is InChI=1S/C5H16NP/c1-4-7(3,6)5-2/h7H,4-6H2,1-3H3. The van der Waals surface area contributed by atoms with E-state index in [2.05, 4.69) is 20.5 Å². The summed E-state index contributed by atoms with van der Waals surface area (Å²) in [5.74, 6) is 0. The van der Waals surface area contributed by atoms with Gasteiger partial charge in [0.1, 0.15) is 0 Å². The second kappa shape index (κ2) is 2.64. The molecule has 0 aliphatic heterocycles. The Labute approximate surface area is 46.7 Å². The van der Waals surface area contributed by atoms with Gasteiger partial charge in [0.05, 0.1) is 0 Å². The van der Waals surface area contributed by atoms with Gasteiger partial charge >= 0.3 is 45.8 Å². The van der Waals surface area contributed by atoms with Crippen LogP contribution < -0.4 is 5.50 Å². The number of nitrogens with two attached hydrogens (primary N) is 1. The summed E-state index contributed by atoms with van der Waals surface area (Å²) < 4.78 is 0. The molecule has 0 fully saturated rings. The van der Waals surface area contributed by atoms with Crippen molar-refractivity contribution in [2.45, 2.75) is 13.8 Å². The van der Waals surface area contributed by atoms with Gasteiger partial charge in [-0.05, 0) is 0 Å². The van der Waals surface area contributed by atoms with Gasteiger partial charge in [-0.2, -0.15) is 0 Å². The monoisotopic (exact) mass is 121 g/mol. The summed E-state index contributed by atoms with van der Waals surface area (Å²) in [6, 6.07) is 0. The molecular weight excluding hydrogens is 105 g/mol. The van der Waals surface area contributed by atoms with Crippen LogP contribution in [0.1, 0.15) is 13.8 Å². The van der Waals surface area contributed by atoms with Crippen molar-refractivity contribution in [2.75, 3.05) is 19.0 Å². The molecule has 0 aliphatic rings. The Bertz CT molecular complexity index is 46.0. The Balaban J connectivity index is 3.36. The van der Waals surface area contributed by atoms with Crippen molar-refractivity contribution in [1.82, 2.24) is 0 Å². The van der Waals surface area contributed by atoms with E-state index in [4.69, 9.17) is 5.50 Å². The van der Waals surface area contributed by atoms with Crippen LogP contribution in [0.25, 0.3) is 0 Å². The van der Waals surface area contributed by atoms with Gasteiger partial charge in [-0.25, -0.2) is 0 Å². The summed E-state index contributed by atoms with van der Waals surface area (Å²) in [6.07, 6.45) is 2.42. The van der Waals surface area contributed by atoms with E-state index in [0.29, 0.717) is 0 Å². The first-order valence-electron chi connectivity index (χ1n) is 2.91. The number of rotatable bonds is 2. The van der Waals surface area contributed by atoms with Crippen molar-refractivity contribution in [3.63, 3.8) is 0 Å². The molecule has 0 aromatic rings. The Morgan fingerprint density at radius 3 is 1.57 bits per heavy atom. The van der Waals surface area contributed by atoms with E-state index in [9.17, 15) is 0 Å². The van der Waals surface area contributed by atoms with Crippen LogP contribution in [0.15, 0.2) is 0 Å². The molecule has 0 radical (unpaired) electrons. The minimum absolute atomic E-state index is 1.15. The summed E-state index contributed by atoms with van der Waals surface area (Å²) in [5.41, 5.74) is 5.85. The van der Waals surface area contributed by atoms with Crippen molar-refractivity contribution in [3.05, 3.63) is 0 Å². The van der Waals surface area contributed by atoms with Crippen molar-refractivity contribution in [2.24, 2.45) is 5.50 Å². The molecule has 7 heavy (non-hydrogen) atoms. The van der Waals surface area contributed by atoms with Gasteiger partial charge in [-0.1, -0.05) is 0 Å². The van der Waals surface area contributed by atoms with Crippen LogP contribution in [-0.4, -0.2) is 19.0 Å². The fraction of sp³-hybridized carbons (Fsp3) is 1.00. The second-order valence-corrected chi connectivity index (χ2v) is 7.08. The molecule has 2 N–H and O–H groups in total. The molecule has 2 heteroatoms. The predicted molar refractivity (Wildman–Crippen MR) is 39.5 cm³/mol. The Kier molecular flexibility index (Phi) is 2.78. The zero-order valence-electron chi connectivity index (χ0n) is 5.49. The van der Waals surface area contributed by atoms with E-state index in [1.54, 1.807) is 0 Å². The molecule has 0 atom stereocenters. The van der Waals surface area contributed by atoms with E-state index in [1.807, 2.05) is 0 Å². The molecule has 0 unspecified atom stereocenters. The van der Waals surface area contributed by atoms with Crippen LogP contribution in [0.3, 0.4) is 0 Å². The molecule has 0 aromatic carbocycles.